The first-order valence-corrected chi connectivity index (χ1v) is 9.40. The number of carbonyl (C=O) groups is 4. The molecule has 168 valence electrons. The molecule has 0 radical (unpaired) electrons. The minimum atomic E-state index is -0.845. The van der Waals surface area contributed by atoms with Crippen LogP contribution in [-0.4, -0.2) is 43.4 Å². The lowest BCUT2D eigenvalue weighted by Gasteiger charge is -2.16. The Kier molecular flexibility index (Phi) is 17.3. The van der Waals surface area contributed by atoms with E-state index in [0.717, 1.165) is 31.4 Å². The van der Waals surface area contributed by atoms with Crippen LogP contribution in [0.1, 0.15) is 46.5 Å². The molecule has 0 fully saturated rings. The molecular formula is C22H32O8. The molecule has 0 amide bonds. The van der Waals surface area contributed by atoms with E-state index < -0.39 is 30.2 Å². The molecule has 8 heteroatoms. The Morgan fingerprint density at radius 2 is 1.20 bits per heavy atom. The topological polar surface area (TPSA) is 105 Å². The number of unbranched alkanes of at least 4 members (excludes halogenated alkanes) is 2. The fourth-order valence-corrected chi connectivity index (χ4v) is 1.57. The average molecular weight is 424 g/mol. The summed E-state index contributed by atoms with van der Waals surface area (Å²) in [6.07, 6.45) is 4.58. The molecule has 0 aliphatic heterocycles. The van der Waals surface area contributed by atoms with E-state index in [-0.39, 0.29) is 13.2 Å². The van der Waals surface area contributed by atoms with Crippen molar-refractivity contribution in [1.82, 2.24) is 0 Å². The second-order valence-electron chi connectivity index (χ2n) is 6.04. The van der Waals surface area contributed by atoms with Crippen LogP contribution in [0.5, 0.6) is 0 Å². The molecule has 0 aromatic carbocycles. The molecule has 30 heavy (non-hydrogen) atoms. The second kappa shape index (κ2) is 17.9. The number of esters is 4. The number of ether oxygens (including phenoxy) is 4. The van der Waals surface area contributed by atoms with Gasteiger partial charge in [-0.3, -0.25) is 0 Å². The van der Waals surface area contributed by atoms with Crippen LogP contribution in [0.3, 0.4) is 0 Å². The van der Waals surface area contributed by atoms with Gasteiger partial charge in [0.1, 0.15) is 13.2 Å². The van der Waals surface area contributed by atoms with Crippen molar-refractivity contribution in [2.45, 2.75) is 52.7 Å². The number of hydrogen-bond acceptors (Lipinski definition) is 8. The predicted molar refractivity (Wildman–Crippen MR) is 112 cm³/mol. The van der Waals surface area contributed by atoms with E-state index in [1.54, 1.807) is 13.8 Å². The Balaban J connectivity index is 0. The Morgan fingerprint density at radius 3 is 1.50 bits per heavy atom. The van der Waals surface area contributed by atoms with Gasteiger partial charge in [0.2, 0.25) is 6.29 Å². The molecule has 0 aromatic heterocycles. The molecule has 0 atom stereocenters. The lowest BCUT2D eigenvalue weighted by molar-refractivity contribution is -0.182. The number of carbonyl (C=O) groups excluding carboxylic acids is 4. The zero-order valence-electron chi connectivity index (χ0n) is 18.1. The molecule has 0 rings (SSSR count). The third-order valence-corrected chi connectivity index (χ3v) is 3.12. The summed E-state index contributed by atoms with van der Waals surface area (Å²) in [5.41, 5.74) is 0.632. The molecule has 8 nitrogen and oxygen atoms in total. The Labute approximate surface area is 178 Å². The second-order valence-corrected chi connectivity index (χ2v) is 6.04. The Hall–Kier alpha value is -3.16. The van der Waals surface area contributed by atoms with Crippen molar-refractivity contribution in [3.05, 3.63) is 49.6 Å². The molecular weight excluding hydrogens is 392 g/mol. The molecule has 0 N–H and O–H groups in total. The summed E-state index contributed by atoms with van der Waals surface area (Å²) in [7, 11) is 0. The smallest absolute Gasteiger partial charge is 0.333 e. The van der Waals surface area contributed by atoms with Crippen LogP contribution in [0.2, 0.25) is 0 Å². The first-order chi connectivity index (χ1) is 14.1. The Morgan fingerprint density at radius 1 is 0.800 bits per heavy atom. The van der Waals surface area contributed by atoms with E-state index in [0.29, 0.717) is 17.6 Å². The zero-order chi connectivity index (χ0) is 23.5. The summed E-state index contributed by atoms with van der Waals surface area (Å²) < 4.78 is 19.1. The van der Waals surface area contributed by atoms with Crippen LogP contribution in [0.25, 0.3) is 0 Å². The lowest BCUT2D eigenvalue weighted by Crippen LogP contribution is -2.23. The van der Waals surface area contributed by atoms with E-state index in [4.69, 9.17) is 9.47 Å². The Bertz CT molecular complexity index is 583. The monoisotopic (exact) mass is 424 g/mol. The maximum atomic E-state index is 11.0. The number of hydrogen-bond donors (Lipinski definition) is 0. The van der Waals surface area contributed by atoms with Crippen LogP contribution in [0.15, 0.2) is 49.6 Å². The van der Waals surface area contributed by atoms with Gasteiger partial charge in [0.05, 0.1) is 0 Å². The normalized spacial score (nSPS) is 9.33. The van der Waals surface area contributed by atoms with E-state index >= 15 is 0 Å². The van der Waals surface area contributed by atoms with Crippen molar-refractivity contribution in [2.24, 2.45) is 0 Å². The van der Waals surface area contributed by atoms with E-state index in [1.807, 2.05) is 0 Å². The van der Waals surface area contributed by atoms with Crippen LogP contribution in [-0.2, 0) is 38.1 Å². The molecule has 0 spiro atoms. The maximum Gasteiger partial charge on any atom is 0.333 e. The average Bonchev–Trinajstić information content (AvgIpc) is 2.70. The highest BCUT2D eigenvalue weighted by Gasteiger charge is 2.15. The van der Waals surface area contributed by atoms with Gasteiger partial charge in [-0.2, -0.15) is 0 Å². The van der Waals surface area contributed by atoms with Gasteiger partial charge in [-0.15, -0.1) is 0 Å². The number of rotatable bonds is 13. The summed E-state index contributed by atoms with van der Waals surface area (Å²) >= 11 is 0. The summed E-state index contributed by atoms with van der Waals surface area (Å²) in [6, 6.07) is 0. The minimum absolute atomic E-state index is 0.0325. The molecule has 0 heterocycles. The van der Waals surface area contributed by atoms with Gasteiger partial charge in [0, 0.05) is 29.7 Å². The molecule has 0 unspecified atom stereocenters. The highest BCUT2D eigenvalue weighted by Crippen LogP contribution is 2.09. The summed E-state index contributed by atoms with van der Waals surface area (Å²) in [6.45, 7) is 18.6. The van der Waals surface area contributed by atoms with Crippen LogP contribution in [0, 0.1) is 0 Å². The van der Waals surface area contributed by atoms with Crippen LogP contribution < -0.4 is 0 Å². The predicted octanol–water partition coefficient (Wildman–Crippen LogP) is 3.58. The van der Waals surface area contributed by atoms with Gasteiger partial charge in [-0.25, -0.2) is 19.2 Å². The van der Waals surface area contributed by atoms with Crippen LogP contribution >= 0.6 is 0 Å². The minimum Gasteiger partial charge on any atom is -0.459 e. The van der Waals surface area contributed by atoms with Crippen molar-refractivity contribution in [3.63, 3.8) is 0 Å². The molecule has 0 aliphatic rings. The standard InChI is InChI=1S/C12H18O4.C10H14O4/c1-4-7-8-9-12(15-10(13)5-2)16-11(14)6-3;1-7(2)9(11)13-5-6-14-10(12)8(3)4/h5-6,12H,2-4,7-9H2,1H3;1,3,5-6H2,2,4H3. The molecule has 0 saturated carbocycles. The molecule has 0 saturated heterocycles. The van der Waals surface area contributed by atoms with E-state index in [2.05, 4.69) is 42.7 Å². The largest absolute Gasteiger partial charge is 0.459 e. The van der Waals surface area contributed by atoms with Crippen molar-refractivity contribution in [1.29, 1.82) is 0 Å². The maximum absolute atomic E-state index is 11.0. The summed E-state index contributed by atoms with van der Waals surface area (Å²) in [4.78, 5) is 43.6. The highest BCUT2D eigenvalue weighted by atomic mass is 16.7. The fourth-order valence-electron chi connectivity index (χ4n) is 1.57. The van der Waals surface area contributed by atoms with Crippen molar-refractivity contribution in [2.75, 3.05) is 13.2 Å². The van der Waals surface area contributed by atoms with E-state index in [9.17, 15) is 19.2 Å². The first-order valence-electron chi connectivity index (χ1n) is 9.40. The summed E-state index contributed by atoms with van der Waals surface area (Å²) in [5, 5.41) is 0. The van der Waals surface area contributed by atoms with Crippen LogP contribution in [0.4, 0.5) is 0 Å². The quantitative estimate of drug-likeness (QED) is 0.145. The van der Waals surface area contributed by atoms with Gasteiger partial charge in [-0.1, -0.05) is 46.1 Å². The molecule has 0 bridgehead atoms. The van der Waals surface area contributed by atoms with Crippen molar-refractivity contribution in [3.8, 4) is 0 Å². The van der Waals surface area contributed by atoms with E-state index in [1.165, 1.54) is 0 Å². The molecule has 0 aromatic rings. The SMILES string of the molecule is C=C(C)C(=O)OCCOC(=O)C(=C)C.C=CC(=O)OC(CCCCC)OC(=O)C=C. The lowest BCUT2D eigenvalue weighted by atomic mass is 10.2. The van der Waals surface area contributed by atoms with Gasteiger partial charge in [-0.05, 0) is 20.3 Å². The van der Waals surface area contributed by atoms with Gasteiger partial charge in [0.15, 0.2) is 0 Å². The zero-order valence-corrected chi connectivity index (χ0v) is 18.1. The third-order valence-electron chi connectivity index (χ3n) is 3.12. The first kappa shape index (κ1) is 29.0. The van der Waals surface area contributed by atoms with Crippen molar-refractivity contribution >= 4 is 23.9 Å². The van der Waals surface area contributed by atoms with Gasteiger partial charge < -0.3 is 18.9 Å². The van der Waals surface area contributed by atoms with Gasteiger partial charge in [0.25, 0.3) is 0 Å². The fraction of sp³-hybridized carbons (Fsp3) is 0.455. The molecule has 0 aliphatic carbocycles. The third kappa shape index (κ3) is 17.0. The highest BCUT2D eigenvalue weighted by molar-refractivity contribution is 5.87. The van der Waals surface area contributed by atoms with Crippen molar-refractivity contribution < 1.29 is 38.1 Å². The summed E-state index contributed by atoms with van der Waals surface area (Å²) in [5.74, 6) is -2.18. The van der Waals surface area contributed by atoms with Gasteiger partial charge >= 0.3 is 23.9 Å².